The lowest BCUT2D eigenvalue weighted by atomic mass is 10.1. The van der Waals surface area contributed by atoms with Crippen molar-refractivity contribution in [3.63, 3.8) is 0 Å². The Balaban J connectivity index is 1.32. The lowest BCUT2D eigenvalue weighted by Gasteiger charge is -2.33. The molecule has 2 amide bonds. The maximum atomic E-state index is 11.9. The molecular formula is C20H29N3O3. The average Bonchev–Trinajstić information content (AvgIpc) is 3.19. The van der Waals surface area contributed by atoms with Crippen LogP contribution < -0.4 is 10.6 Å². The summed E-state index contributed by atoms with van der Waals surface area (Å²) in [7, 11) is 0. The van der Waals surface area contributed by atoms with Crippen LogP contribution in [0, 0.1) is 0 Å². The van der Waals surface area contributed by atoms with Crippen LogP contribution in [0.5, 0.6) is 0 Å². The molecular weight excluding hydrogens is 330 g/mol. The monoisotopic (exact) mass is 359 g/mol. The Bertz CT molecular complexity index is 587. The fourth-order valence-corrected chi connectivity index (χ4v) is 3.68. The first kappa shape index (κ1) is 18.9. The molecule has 1 aromatic rings. The summed E-state index contributed by atoms with van der Waals surface area (Å²) in [6.45, 7) is 3.89. The third-order valence-electron chi connectivity index (χ3n) is 5.16. The molecule has 1 aliphatic heterocycles. The highest BCUT2D eigenvalue weighted by Crippen LogP contribution is 2.21. The van der Waals surface area contributed by atoms with Crippen LogP contribution in [0.15, 0.2) is 30.3 Å². The molecule has 3 rings (SSSR count). The fourth-order valence-electron chi connectivity index (χ4n) is 3.68. The summed E-state index contributed by atoms with van der Waals surface area (Å²) >= 11 is 0. The summed E-state index contributed by atoms with van der Waals surface area (Å²) in [5.41, 5.74) is 1.20. The molecule has 142 valence electrons. The Morgan fingerprint density at radius 2 is 1.88 bits per heavy atom. The first-order chi connectivity index (χ1) is 12.7. The van der Waals surface area contributed by atoms with Gasteiger partial charge in [-0.2, -0.15) is 0 Å². The predicted octanol–water partition coefficient (Wildman–Crippen LogP) is 1.62. The second-order valence-corrected chi connectivity index (χ2v) is 7.14. The molecule has 1 aromatic carbocycles. The van der Waals surface area contributed by atoms with Crippen LogP contribution in [0.4, 0.5) is 0 Å². The zero-order chi connectivity index (χ0) is 18.2. The maximum Gasteiger partial charge on any atom is 0.309 e. The van der Waals surface area contributed by atoms with E-state index in [-0.39, 0.29) is 12.1 Å². The van der Waals surface area contributed by atoms with Gasteiger partial charge in [0.25, 0.3) is 0 Å². The maximum absolute atomic E-state index is 11.9. The van der Waals surface area contributed by atoms with E-state index < -0.39 is 11.8 Å². The zero-order valence-electron chi connectivity index (χ0n) is 15.3. The van der Waals surface area contributed by atoms with Crippen molar-refractivity contribution < 1.29 is 14.3 Å². The van der Waals surface area contributed by atoms with Gasteiger partial charge in [0.2, 0.25) is 0 Å². The zero-order valence-corrected chi connectivity index (χ0v) is 15.3. The van der Waals surface area contributed by atoms with Crippen LogP contribution in [0.2, 0.25) is 0 Å². The molecule has 2 fully saturated rings. The lowest BCUT2D eigenvalue weighted by molar-refractivity contribution is -0.139. The SMILES string of the molecule is O=C(NCCCN1CCOC(c2ccccc2)C1)C(=O)NC1CCCC1. The molecule has 0 radical (unpaired) electrons. The molecule has 2 N–H and O–H groups in total. The molecule has 1 heterocycles. The van der Waals surface area contributed by atoms with Crippen molar-refractivity contribution in [3.8, 4) is 0 Å². The fraction of sp³-hybridized carbons (Fsp3) is 0.600. The van der Waals surface area contributed by atoms with Crippen LogP contribution in [-0.2, 0) is 14.3 Å². The first-order valence-corrected chi connectivity index (χ1v) is 9.70. The van der Waals surface area contributed by atoms with E-state index in [0.29, 0.717) is 6.54 Å². The first-order valence-electron chi connectivity index (χ1n) is 9.70. The summed E-state index contributed by atoms with van der Waals surface area (Å²) < 4.78 is 5.87. The van der Waals surface area contributed by atoms with Crippen molar-refractivity contribution in [1.82, 2.24) is 15.5 Å². The Morgan fingerprint density at radius 1 is 1.12 bits per heavy atom. The van der Waals surface area contributed by atoms with Gasteiger partial charge < -0.3 is 15.4 Å². The van der Waals surface area contributed by atoms with Crippen molar-refractivity contribution in [2.24, 2.45) is 0 Å². The van der Waals surface area contributed by atoms with Gasteiger partial charge in [-0.25, -0.2) is 0 Å². The van der Waals surface area contributed by atoms with E-state index >= 15 is 0 Å². The van der Waals surface area contributed by atoms with Crippen molar-refractivity contribution in [2.45, 2.75) is 44.2 Å². The molecule has 1 atom stereocenters. The van der Waals surface area contributed by atoms with Crippen molar-refractivity contribution in [2.75, 3.05) is 32.8 Å². The molecule has 1 unspecified atom stereocenters. The summed E-state index contributed by atoms with van der Waals surface area (Å²) in [4.78, 5) is 26.1. The summed E-state index contributed by atoms with van der Waals surface area (Å²) in [5, 5.41) is 5.54. The topological polar surface area (TPSA) is 70.7 Å². The summed E-state index contributed by atoms with van der Waals surface area (Å²) in [6.07, 6.45) is 5.17. The molecule has 1 saturated heterocycles. The van der Waals surface area contributed by atoms with Gasteiger partial charge in [0, 0.05) is 32.2 Å². The minimum Gasteiger partial charge on any atom is -0.371 e. The lowest BCUT2D eigenvalue weighted by Crippen LogP contribution is -2.44. The Hall–Kier alpha value is -1.92. The van der Waals surface area contributed by atoms with E-state index in [1.54, 1.807) is 0 Å². The quantitative estimate of drug-likeness (QED) is 0.598. The third-order valence-corrected chi connectivity index (χ3v) is 5.16. The van der Waals surface area contributed by atoms with E-state index in [9.17, 15) is 9.59 Å². The number of ether oxygens (including phenoxy) is 1. The number of nitrogens with one attached hydrogen (secondary N) is 2. The number of nitrogens with zero attached hydrogens (tertiary/aromatic N) is 1. The van der Waals surface area contributed by atoms with Crippen LogP contribution in [0.1, 0.15) is 43.8 Å². The van der Waals surface area contributed by atoms with E-state index in [4.69, 9.17) is 4.74 Å². The number of carbonyl (C=O) groups is 2. The highest BCUT2D eigenvalue weighted by Gasteiger charge is 2.22. The summed E-state index contributed by atoms with van der Waals surface area (Å²) in [5.74, 6) is -1.01. The van der Waals surface area contributed by atoms with E-state index in [0.717, 1.165) is 58.3 Å². The minimum absolute atomic E-state index is 0.108. The van der Waals surface area contributed by atoms with E-state index in [2.05, 4.69) is 27.7 Å². The number of hydrogen-bond donors (Lipinski definition) is 2. The predicted molar refractivity (Wildman–Crippen MR) is 99.6 cm³/mol. The standard InChI is InChI=1S/C20H29N3O3/c24-19(20(25)22-17-9-4-5-10-17)21-11-6-12-23-13-14-26-18(15-23)16-7-2-1-3-8-16/h1-3,7-8,17-18H,4-6,9-15H2,(H,21,24)(H,22,25). The number of amides is 2. The number of morpholine rings is 1. The highest BCUT2D eigenvalue weighted by molar-refractivity contribution is 6.35. The normalized spacial score (nSPS) is 21.5. The second kappa shape index (κ2) is 9.69. The number of carbonyl (C=O) groups excluding carboxylic acids is 2. The molecule has 0 bridgehead atoms. The van der Waals surface area contributed by atoms with Gasteiger partial charge in [0.1, 0.15) is 0 Å². The number of hydrogen-bond acceptors (Lipinski definition) is 4. The molecule has 0 aromatic heterocycles. The van der Waals surface area contributed by atoms with Gasteiger partial charge in [-0.15, -0.1) is 0 Å². The minimum atomic E-state index is -0.513. The van der Waals surface area contributed by atoms with Crippen molar-refractivity contribution in [1.29, 1.82) is 0 Å². The van der Waals surface area contributed by atoms with E-state index in [1.807, 2.05) is 18.2 Å². The van der Waals surface area contributed by atoms with Gasteiger partial charge in [-0.3, -0.25) is 14.5 Å². The van der Waals surface area contributed by atoms with Gasteiger partial charge in [-0.1, -0.05) is 43.2 Å². The molecule has 6 heteroatoms. The largest absolute Gasteiger partial charge is 0.371 e. The van der Waals surface area contributed by atoms with Crippen LogP contribution in [0.25, 0.3) is 0 Å². The molecule has 2 aliphatic rings. The molecule has 1 saturated carbocycles. The Labute approximate surface area is 155 Å². The van der Waals surface area contributed by atoms with Crippen LogP contribution in [-0.4, -0.2) is 55.5 Å². The van der Waals surface area contributed by atoms with Crippen molar-refractivity contribution >= 4 is 11.8 Å². The average molecular weight is 359 g/mol. The smallest absolute Gasteiger partial charge is 0.309 e. The Kier molecular flexibility index (Phi) is 7.03. The number of benzene rings is 1. The highest BCUT2D eigenvalue weighted by atomic mass is 16.5. The number of rotatable bonds is 6. The van der Waals surface area contributed by atoms with Gasteiger partial charge in [0.15, 0.2) is 0 Å². The molecule has 26 heavy (non-hydrogen) atoms. The van der Waals surface area contributed by atoms with Gasteiger partial charge >= 0.3 is 11.8 Å². The van der Waals surface area contributed by atoms with Gasteiger partial charge in [0.05, 0.1) is 12.7 Å². The second-order valence-electron chi connectivity index (χ2n) is 7.14. The molecule has 0 spiro atoms. The third kappa shape index (κ3) is 5.54. The Morgan fingerprint density at radius 3 is 2.65 bits per heavy atom. The van der Waals surface area contributed by atoms with E-state index in [1.165, 1.54) is 5.56 Å². The summed E-state index contributed by atoms with van der Waals surface area (Å²) in [6, 6.07) is 10.4. The molecule has 1 aliphatic carbocycles. The van der Waals surface area contributed by atoms with Crippen LogP contribution in [0.3, 0.4) is 0 Å². The van der Waals surface area contributed by atoms with Gasteiger partial charge in [-0.05, 0) is 24.8 Å². The van der Waals surface area contributed by atoms with Crippen LogP contribution >= 0.6 is 0 Å². The van der Waals surface area contributed by atoms with Crippen molar-refractivity contribution in [3.05, 3.63) is 35.9 Å². The molecule has 6 nitrogen and oxygen atoms in total.